The molecule has 1 aliphatic rings. The predicted molar refractivity (Wildman–Crippen MR) is 120 cm³/mol. The molecule has 0 saturated heterocycles. The molecule has 1 aliphatic heterocycles. The van der Waals surface area contributed by atoms with E-state index < -0.39 is 5.41 Å². The maximum Gasteiger partial charge on any atom is 0.236 e. The zero-order valence-electron chi connectivity index (χ0n) is 15.8. The van der Waals surface area contributed by atoms with Gasteiger partial charge >= 0.3 is 0 Å². The van der Waals surface area contributed by atoms with Gasteiger partial charge in [-0.3, -0.25) is 4.79 Å². The van der Waals surface area contributed by atoms with Crippen LogP contribution in [0.1, 0.15) is 19.4 Å². The summed E-state index contributed by atoms with van der Waals surface area (Å²) < 4.78 is 0. The molecule has 0 atom stereocenters. The number of hydrogen-bond acceptors (Lipinski definition) is 4. The number of aromatic nitrogens is 1. The van der Waals surface area contributed by atoms with E-state index in [1.165, 1.54) is 11.3 Å². The standard InChI is InChI=1S/C21H20N4OS2/c1-21(2)15-11-13(9-10-17(15)25(3)18(21)26)16-12-28-20(23-16)24-19(27)22-14-7-5-4-6-8-14/h4-12H,1-3H3,(H2,22,23,24,27). The molecule has 7 heteroatoms. The minimum atomic E-state index is -0.529. The number of nitrogens with zero attached hydrogens (tertiary/aromatic N) is 2. The smallest absolute Gasteiger partial charge is 0.236 e. The summed E-state index contributed by atoms with van der Waals surface area (Å²) in [5, 5.41) is 9.47. The summed E-state index contributed by atoms with van der Waals surface area (Å²) in [5.74, 6) is 0.109. The number of carbonyl (C=O) groups excluding carboxylic acids is 1. The highest BCUT2D eigenvalue weighted by molar-refractivity contribution is 7.80. The molecule has 0 aliphatic carbocycles. The van der Waals surface area contributed by atoms with Gasteiger partial charge < -0.3 is 15.5 Å². The number of nitrogens with one attached hydrogen (secondary N) is 2. The van der Waals surface area contributed by atoms with Crippen molar-refractivity contribution in [3.05, 3.63) is 59.5 Å². The molecule has 4 rings (SSSR count). The molecule has 2 N–H and O–H groups in total. The first-order valence-corrected chi connectivity index (χ1v) is 10.2. The molecule has 1 aromatic heterocycles. The molecule has 0 unspecified atom stereocenters. The minimum Gasteiger partial charge on any atom is -0.332 e. The number of thiazole rings is 1. The lowest BCUT2D eigenvalue weighted by Gasteiger charge is -2.16. The Bertz CT molecular complexity index is 1060. The van der Waals surface area contributed by atoms with Crippen molar-refractivity contribution in [3.8, 4) is 11.3 Å². The van der Waals surface area contributed by atoms with Gasteiger partial charge in [-0.1, -0.05) is 24.3 Å². The van der Waals surface area contributed by atoms with Crippen LogP contribution < -0.4 is 15.5 Å². The molecule has 0 radical (unpaired) electrons. The van der Waals surface area contributed by atoms with Gasteiger partial charge in [0.25, 0.3) is 0 Å². The van der Waals surface area contributed by atoms with Crippen molar-refractivity contribution < 1.29 is 4.79 Å². The van der Waals surface area contributed by atoms with E-state index in [0.29, 0.717) is 5.11 Å². The third kappa shape index (κ3) is 3.27. The zero-order chi connectivity index (χ0) is 19.9. The third-order valence-electron chi connectivity index (χ3n) is 4.92. The summed E-state index contributed by atoms with van der Waals surface area (Å²) in [6, 6.07) is 15.8. The molecule has 142 valence electrons. The van der Waals surface area contributed by atoms with E-state index in [9.17, 15) is 4.79 Å². The van der Waals surface area contributed by atoms with Crippen LogP contribution in [0, 0.1) is 0 Å². The van der Waals surface area contributed by atoms with E-state index in [1.54, 1.807) is 4.90 Å². The van der Waals surface area contributed by atoms with E-state index in [2.05, 4.69) is 21.7 Å². The molecule has 2 heterocycles. The number of carbonyl (C=O) groups is 1. The summed E-state index contributed by atoms with van der Waals surface area (Å²) >= 11 is 6.86. The fraction of sp³-hybridized carbons (Fsp3) is 0.190. The van der Waals surface area contributed by atoms with Crippen LogP contribution in [0.25, 0.3) is 11.3 Å². The van der Waals surface area contributed by atoms with Crippen molar-refractivity contribution in [1.82, 2.24) is 4.98 Å². The maximum atomic E-state index is 12.5. The zero-order valence-corrected chi connectivity index (χ0v) is 17.4. The van der Waals surface area contributed by atoms with Crippen LogP contribution in [-0.4, -0.2) is 23.1 Å². The highest BCUT2D eigenvalue weighted by atomic mass is 32.1. The Kier molecular flexibility index (Phi) is 4.64. The third-order valence-corrected chi connectivity index (χ3v) is 5.88. The molecule has 2 aromatic carbocycles. The maximum absolute atomic E-state index is 12.5. The highest BCUT2D eigenvalue weighted by Crippen LogP contribution is 2.42. The van der Waals surface area contributed by atoms with E-state index in [1.807, 2.05) is 68.7 Å². The average molecular weight is 409 g/mol. The Morgan fingerprint density at radius 2 is 1.89 bits per heavy atom. The molecule has 0 fully saturated rings. The molecular formula is C21H20N4OS2. The van der Waals surface area contributed by atoms with Crippen molar-refractivity contribution in [2.45, 2.75) is 19.3 Å². The summed E-state index contributed by atoms with van der Waals surface area (Å²) in [7, 11) is 1.82. The van der Waals surface area contributed by atoms with Gasteiger partial charge in [0.2, 0.25) is 5.91 Å². The summed E-state index contributed by atoms with van der Waals surface area (Å²) in [5.41, 5.74) is 4.23. The van der Waals surface area contributed by atoms with Crippen molar-refractivity contribution in [2.24, 2.45) is 0 Å². The SMILES string of the molecule is CN1C(=O)C(C)(C)c2cc(-c3csc(NC(=S)Nc4ccccc4)n3)ccc21. The lowest BCUT2D eigenvalue weighted by atomic mass is 9.85. The van der Waals surface area contributed by atoms with Crippen molar-refractivity contribution in [1.29, 1.82) is 0 Å². The van der Waals surface area contributed by atoms with Gasteiger partial charge in [-0.05, 0) is 55.9 Å². The van der Waals surface area contributed by atoms with Gasteiger partial charge in [-0.15, -0.1) is 11.3 Å². The number of anilines is 3. The fourth-order valence-electron chi connectivity index (χ4n) is 3.38. The second-order valence-corrected chi connectivity index (χ2v) is 8.47. The summed E-state index contributed by atoms with van der Waals surface area (Å²) in [6.45, 7) is 3.92. The normalized spacial score (nSPS) is 14.7. The highest BCUT2D eigenvalue weighted by Gasteiger charge is 2.42. The van der Waals surface area contributed by atoms with Gasteiger partial charge in [0.1, 0.15) is 0 Å². The lowest BCUT2D eigenvalue weighted by molar-refractivity contribution is -0.121. The Balaban J connectivity index is 1.53. The van der Waals surface area contributed by atoms with Gasteiger partial charge in [-0.25, -0.2) is 4.98 Å². The van der Waals surface area contributed by atoms with Crippen molar-refractivity contribution in [2.75, 3.05) is 22.6 Å². The first kappa shape index (κ1) is 18.6. The van der Waals surface area contributed by atoms with Gasteiger partial charge in [0.15, 0.2) is 10.2 Å². The summed E-state index contributed by atoms with van der Waals surface area (Å²) in [4.78, 5) is 18.9. The van der Waals surface area contributed by atoms with Crippen LogP contribution in [0.2, 0.25) is 0 Å². The monoisotopic (exact) mass is 408 g/mol. The molecule has 0 saturated carbocycles. The van der Waals surface area contributed by atoms with E-state index >= 15 is 0 Å². The van der Waals surface area contributed by atoms with E-state index in [0.717, 1.165) is 33.3 Å². The molecule has 1 amide bonds. The largest absolute Gasteiger partial charge is 0.332 e. The van der Waals surface area contributed by atoms with Crippen LogP contribution in [0.3, 0.4) is 0 Å². The quantitative estimate of drug-likeness (QED) is 0.606. The Morgan fingerprint density at radius 1 is 1.14 bits per heavy atom. The Morgan fingerprint density at radius 3 is 2.64 bits per heavy atom. The second-order valence-electron chi connectivity index (χ2n) is 7.20. The first-order chi connectivity index (χ1) is 13.4. The lowest BCUT2D eigenvalue weighted by Crippen LogP contribution is -2.33. The summed E-state index contributed by atoms with van der Waals surface area (Å²) in [6.07, 6.45) is 0. The molecular weight excluding hydrogens is 388 g/mol. The number of fused-ring (bicyclic) bond motifs is 1. The molecule has 0 spiro atoms. The van der Waals surface area contributed by atoms with Crippen LogP contribution in [0.5, 0.6) is 0 Å². The second kappa shape index (κ2) is 7.00. The number of likely N-dealkylation sites (N-methyl/N-ethyl adjacent to an activating group) is 1. The molecule has 3 aromatic rings. The van der Waals surface area contributed by atoms with Gasteiger partial charge in [0, 0.05) is 29.4 Å². The first-order valence-electron chi connectivity index (χ1n) is 8.88. The van der Waals surface area contributed by atoms with Crippen LogP contribution in [0.15, 0.2) is 53.9 Å². The predicted octanol–water partition coefficient (Wildman–Crippen LogP) is 4.87. The van der Waals surface area contributed by atoms with E-state index in [4.69, 9.17) is 12.2 Å². The van der Waals surface area contributed by atoms with Crippen molar-refractivity contribution in [3.63, 3.8) is 0 Å². The van der Waals surface area contributed by atoms with Crippen LogP contribution in [0.4, 0.5) is 16.5 Å². The average Bonchev–Trinajstić information content (AvgIpc) is 3.20. The Labute approximate surface area is 173 Å². The molecule has 28 heavy (non-hydrogen) atoms. The van der Waals surface area contributed by atoms with Gasteiger partial charge in [-0.2, -0.15) is 0 Å². The number of rotatable bonds is 3. The molecule has 5 nitrogen and oxygen atoms in total. The Hall–Kier alpha value is -2.77. The van der Waals surface area contributed by atoms with Gasteiger partial charge in [0.05, 0.1) is 11.1 Å². The number of thiocarbonyl (C=S) groups is 1. The number of amides is 1. The number of hydrogen-bond donors (Lipinski definition) is 2. The topological polar surface area (TPSA) is 57.3 Å². The fourth-order valence-corrected chi connectivity index (χ4v) is 4.38. The molecule has 0 bridgehead atoms. The van der Waals surface area contributed by atoms with E-state index in [-0.39, 0.29) is 5.91 Å². The number of para-hydroxylation sites is 1. The minimum absolute atomic E-state index is 0.109. The number of benzene rings is 2. The van der Waals surface area contributed by atoms with Crippen LogP contribution in [-0.2, 0) is 10.2 Å². The van der Waals surface area contributed by atoms with Crippen molar-refractivity contribution >= 4 is 51.1 Å². The van der Waals surface area contributed by atoms with Crippen LogP contribution >= 0.6 is 23.6 Å².